The zero-order valence-electron chi connectivity index (χ0n) is 12.9. The molecule has 0 amide bonds. The van der Waals surface area contributed by atoms with Crippen molar-refractivity contribution in [2.75, 3.05) is 0 Å². The van der Waals surface area contributed by atoms with Crippen LogP contribution in [0.5, 0.6) is 0 Å². The van der Waals surface area contributed by atoms with Crippen molar-refractivity contribution in [3.8, 4) is 0 Å². The Morgan fingerprint density at radius 3 is 1.78 bits per heavy atom. The predicted octanol–water partition coefficient (Wildman–Crippen LogP) is 5.64. The quantitative estimate of drug-likeness (QED) is 0.579. The Labute approximate surface area is 115 Å². The monoisotopic (exact) mass is 304 g/mol. The molecule has 98 valence electrons. The van der Waals surface area contributed by atoms with Crippen LogP contribution in [0.25, 0.3) is 0 Å². The molecule has 0 fully saturated rings. The molecular formula is C17H26Ge. The second kappa shape index (κ2) is 4.56. The minimum atomic E-state index is -1.94. The Balaban J connectivity index is 2.41. The molecule has 2 aliphatic rings. The summed E-state index contributed by atoms with van der Waals surface area (Å²) in [5, 5.41) is 0. The molecule has 2 aliphatic carbocycles. The van der Waals surface area contributed by atoms with Crippen LogP contribution in [0.15, 0.2) is 46.1 Å². The van der Waals surface area contributed by atoms with Crippen LogP contribution in [-0.2, 0) is 0 Å². The normalized spacial score (nSPS) is 25.5. The summed E-state index contributed by atoms with van der Waals surface area (Å²) in [6.07, 6.45) is 7.27. The second-order valence-corrected chi connectivity index (χ2v) is 16.9. The van der Waals surface area contributed by atoms with E-state index < -0.39 is 13.3 Å². The molecule has 1 unspecified atom stereocenters. The molecule has 0 nitrogen and oxygen atoms in total. The molecule has 0 saturated heterocycles. The zero-order chi connectivity index (χ0) is 13.7. The number of hydrogen-bond acceptors (Lipinski definition) is 0. The van der Waals surface area contributed by atoms with Crippen molar-refractivity contribution in [1.29, 1.82) is 0 Å². The summed E-state index contributed by atoms with van der Waals surface area (Å²) in [5.74, 6) is 5.21. The van der Waals surface area contributed by atoms with Crippen LogP contribution < -0.4 is 0 Å². The van der Waals surface area contributed by atoms with Crippen molar-refractivity contribution in [2.45, 2.75) is 55.6 Å². The Hall–Kier alpha value is -0.497. The van der Waals surface area contributed by atoms with Crippen molar-refractivity contribution < 1.29 is 0 Å². The van der Waals surface area contributed by atoms with Gasteiger partial charge in [-0.1, -0.05) is 0 Å². The van der Waals surface area contributed by atoms with E-state index >= 15 is 0 Å². The molecule has 0 aromatic rings. The Bertz CT molecular complexity index is 474. The van der Waals surface area contributed by atoms with Crippen molar-refractivity contribution in [1.82, 2.24) is 0 Å². The fourth-order valence-electron chi connectivity index (χ4n) is 3.77. The second-order valence-electron chi connectivity index (χ2n) is 6.67. The number of allylic oxidation sites excluding steroid dienone is 8. The molecule has 1 atom stereocenters. The van der Waals surface area contributed by atoms with Gasteiger partial charge in [0.1, 0.15) is 0 Å². The van der Waals surface area contributed by atoms with E-state index in [2.05, 4.69) is 64.4 Å². The molecule has 0 aromatic heterocycles. The van der Waals surface area contributed by atoms with Gasteiger partial charge in [0.15, 0.2) is 0 Å². The first kappa shape index (κ1) is 13.9. The van der Waals surface area contributed by atoms with Crippen LogP contribution in [0.1, 0.15) is 34.6 Å². The summed E-state index contributed by atoms with van der Waals surface area (Å²) >= 11 is -1.94. The van der Waals surface area contributed by atoms with Crippen LogP contribution in [0.2, 0.25) is 21.0 Å². The summed E-state index contributed by atoms with van der Waals surface area (Å²) in [4.78, 5) is 0. The third-order valence-corrected chi connectivity index (χ3v) is 14.5. The van der Waals surface area contributed by atoms with Gasteiger partial charge in [0, 0.05) is 0 Å². The van der Waals surface area contributed by atoms with E-state index in [-0.39, 0.29) is 0 Å². The summed E-state index contributed by atoms with van der Waals surface area (Å²) in [6, 6.07) is 0. The van der Waals surface area contributed by atoms with Crippen LogP contribution in [0, 0.1) is 0 Å². The average Bonchev–Trinajstić information content (AvgIpc) is 2.80. The van der Waals surface area contributed by atoms with Gasteiger partial charge in [-0.25, -0.2) is 0 Å². The van der Waals surface area contributed by atoms with E-state index in [9.17, 15) is 0 Å². The molecule has 0 heterocycles. The van der Waals surface area contributed by atoms with Crippen molar-refractivity contribution in [2.24, 2.45) is 0 Å². The van der Waals surface area contributed by atoms with E-state index in [4.69, 9.17) is 0 Å². The SMILES string of the molecule is CC1=C[CH]([Ge]([CH3])([CH3])[CH]2C(C)=C(C)C(C)=C2C)C=C1. The first-order chi connectivity index (χ1) is 8.26. The van der Waals surface area contributed by atoms with Gasteiger partial charge in [-0.2, -0.15) is 0 Å². The van der Waals surface area contributed by atoms with E-state index in [0.717, 1.165) is 9.50 Å². The van der Waals surface area contributed by atoms with Gasteiger partial charge in [0.05, 0.1) is 0 Å². The maximum absolute atomic E-state index is 2.60. The first-order valence-electron chi connectivity index (χ1n) is 6.98. The summed E-state index contributed by atoms with van der Waals surface area (Å²) < 4.78 is 1.53. The van der Waals surface area contributed by atoms with E-state index in [1.807, 2.05) is 0 Å². The van der Waals surface area contributed by atoms with Crippen molar-refractivity contribution >= 4 is 13.3 Å². The summed E-state index contributed by atoms with van der Waals surface area (Å²) in [7, 11) is 0. The standard InChI is InChI=1S/C17H26Ge/c1-11-8-9-16(10-11)18(6,7)17-14(4)12(2)13(3)15(17)5/h8-10,16-17H,1-7H3. The number of rotatable bonds is 2. The minimum absolute atomic E-state index is 0.749. The molecule has 0 spiro atoms. The summed E-state index contributed by atoms with van der Waals surface area (Å²) in [5.41, 5.74) is 7.87. The van der Waals surface area contributed by atoms with Crippen LogP contribution in [0.3, 0.4) is 0 Å². The van der Waals surface area contributed by atoms with Crippen LogP contribution in [0.4, 0.5) is 0 Å². The molecule has 0 aliphatic heterocycles. The van der Waals surface area contributed by atoms with Gasteiger partial charge in [-0.3, -0.25) is 0 Å². The van der Waals surface area contributed by atoms with Gasteiger partial charge in [0.25, 0.3) is 0 Å². The molecule has 0 saturated carbocycles. The van der Waals surface area contributed by atoms with Crippen molar-refractivity contribution in [3.63, 3.8) is 0 Å². The third-order valence-electron chi connectivity index (χ3n) is 5.22. The maximum atomic E-state index is 2.60. The average molecular weight is 303 g/mol. The van der Waals surface area contributed by atoms with Crippen molar-refractivity contribution in [3.05, 3.63) is 46.1 Å². The molecule has 0 aromatic carbocycles. The van der Waals surface area contributed by atoms with Crippen LogP contribution >= 0.6 is 0 Å². The van der Waals surface area contributed by atoms with Gasteiger partial charge < -0.3 is 0 Å². The van der Waals surface area contributed by atoms with Gasteiger partial charge in [-0.05, 0) is 0 Å². The van der Waals surface area contributed by atoms with Gasteiger partial charge in [0.2, 0.25) is 0 Å². The third kappa shape index (κ3) is 1.99. The Kier molecular flexibility index (Phi) is 3.52. The van der Waals surface area contributed by atoms with Crippen LogP contribution in [-0.4, -0.2) is 13.3 Å². The zero-order valence-corrected chi connectivity index (χ0v) is 15.0. The fourth-order valence-corrected chi connectivity index (χ4v) is 12.9. The predicted molar refractivity (Wildman–Crippen MR) is 84.6 cm³/mol. The van der Waals surface area contributed by atoms with Gasteiger partial charge >= 0.3 is 115 Å². The molecular weight excluding hydrogens is 277 g/mol. The molecule has 1 heteroatoms. The molecule has 0 N–H and O–H groups in total. The van der Waals surface area contributed by atoms with E-state index in [1.165, 1.54) is 5.57 Å². The molecule has 0 radical (unpaired) electrons. The first-order valence-corrected chi connectivity index (χ1v) is 13.6. The molecule has 0 bridgehead atoms. The summed E-state index contributed by atoms with van der Waals surface area (Å²) in [6.45, 7) is 11.6. The van der Waals surface area contributed by atoms with E-state index in [1.54, 1.807) is 22.3 Å². The Morgan fingerprint density at radius 1 is 0.889 bits per heavy atom. The molecule has 2 rings (SSSR count). The van der Waals surface area contributed by atoms with Gasteiger partial charge in [-0.15, -0.1) is 0 Å². The molecule has 18 heavy (non-hydrogen) atoms. The fraction of sp³-hybridized carbons (Fsp3) is 0.529. The Morgan fingerprint density at radius 2 is 1.39 bits per heavy atom. The number of hydrogen-bond donors (Lipinski definition) is 0. The topological polar surface area (TPSA) is 0 Å². The van der Waals surface area contributed by atoms with E-state index in [0.29, 0.717) is 0 Å².